The molecule has 0 saturated carbocycles. The molecule has 0 fully saturated rings. The zero-order valence-electron chi connectivity index (χ0n) is 41.4. The number of nitrogens with one attached hydrogen (secondary N) is 1. The largest absolute Gasteiger partial charge is 0.462 e. The number of carbonyl (C=O) groups excluding carboxylic acids is 2. The normalized spacial score (nSPS) is 13.8. The summed E-state index contributed by atoms with van der Waals surface area (Å²) in [6.07, 6.45) is 63.8. The highest BCUT2D eigenvalue weighted by atomic mass is 16.5. The van der Waals surface area contributed by atoms with Crippen molar-refractivity contribution in [1.29, 1.82) is 0 Å². The molecule has 0 aliphatic heterocycles. The zero-order valence-corrected chi connectivity index (χ0v) is 41.4. The topological polar surface area (TPSA) is 95.9 Å². The summed E-state index contributed by atoms with van der Waals surface area (Å²) in [7, 11) is 0. The fourth-order valence-corrected chi connectivity index (χ4v) is 7.93. The van der Waals surface area contributed by atoms with E-state index in [0.717, 1.165) is 70.6 Å². The molecule has 0 radical (unpaired) electrons. The molecule has 3 N–H and O–H groups in total. The molecule has 0 bridgehead atoms. The second kappa shape index (κ2) is 50.3. The summed E-state index contributed by atoms with van der Waals surface area (Å²) in [6.45, 7) is 6.34. The molecular formula is C57H101NO5. The van der Waals surface area contributed by atoms with Crippen LogP contribution in [-0.4, -0.2) is 46.9 Å². The van der Waals surface area contributed by atoms with Crippen molar-refractivity contribution in [1.82, 2.24) is 5.32 Å². The van der Waals surface area contributed by atoms with Crippen LogP contribution in [0.25, 0.3) is 0 Å². The van der Waals surface area contributed by atoms with Crippen LogP contribution in [0.5, 0.6) is 0 Å². The van der Waals surface area contributed by atoms with Crippen LogP contribution < -0.4 is 5.32 Å². The summed E-state index contributed by atoms with van der Waals surface area (Å²) >= 11 is 0. The van der Waals surface area contributed by atoms with Gasteiger partial charge in [-0.1, -0.05) is 267 Å². The summed E-state index contributed by atoms with van der Waals surface area (Å²) in [5.41, 5.74) is 0. The molecule has 0 aromatic rings. The molecule has 63 heavy (non-hydrogen) atoms. The van der Waals surface area contributed by atoms with E-state index in [1.807, 2.05) is 48.6 Å². The van der Waals surface area contributed by atoms with E-state index >= 15 is 0 Å². The van der Waals surface area contributed by atoms with Gasteiger partial charge < -0.3 is 20.3 Å². The molecule has 0 saturated heterocycles. The average Bonchev–Trinajstić information content (AvgIpc) is 3.28. The first-order chi connectivity index (χ1) is 31.0. The van der Waals surface area contributed by atoms with Crippen molar-refractivity contribution >= 4 is 11.9 Å². The van der Waals surface area contributed by atoms with Gasteiger partial charge in [-0.05, 0) is 44.9 Å². The molecule has 6 nitrogen and oxygen atoms in total. The minimum atomic E-state index is -0.797. The van der Waals surface area contributed by atoms with E-state index in [9.17, 15) is 19.8 Å². The lowest BCUT2D eigenvalue weighted by molar-refractivity contribution is -0.151. The van der Waals surface area contributed by atoms with E-state index in [4.69, 9.17) is 4.74 Å². The Balaban J connectivity index is 4.67. The SMILES string of the molecule is CC\C=C/C=C/C=C/C=C\C=C\C=C\CCCCCC(=O)OC(CCCCCCCCCCCCCCCCC)CC(=O)NC(CO)C(O)CCCCCCCCCCCCCC. The van der Waals surface area contributed by atoms with Crippen molar-refractivity contribution in [2.75, 3.05) is 6.61 Å². The van der Waals surface area contributed by atoms with Gasteiger partial charge in [-0.25, -0.2) is 0 Å². The lowest BCUT2D eigenvalue weighted by Crippen LogP contribution is -2.46. The minimum Gasteiger partial charge on any atom is -0.462 e. The Morgan fingerprint density at radius 3 is 1.29 bits per heavy atom. The lowest BCUT2D eigenvalue weighted by atomic mass is 10.0. The summed E-state index contributed by atoms with van der Waals surface area (Å²) in [4.78, 5) is 26.2. The van der Waals surface area contributed by atoms with Crippen molar-refractivity contribution in [3.8, 4) is 0 Å². The standard InChI is InChI=1S/C57H101NO5/c1-4-7-10-13-16-19-22-25-27-28-30-32-35-38-41-44-47-50-57(62)63-53(48-45-42-39-36-33-31-29-26-23-20-17-14-11-8-5-2)51-56(61)58-54(52-59)55(60)49-46-43-40-37-34-24-21-18-15-12-9-6-3/h7,10,13,16,19,22,25,27-28,30,32,35,53-55,59-60H,4-6,8-9,11-12,14-15,17-18,20-21,23-24,26,29,31,33-34,36-52H2,1-3H3,(H,58,61)/b10-7-,16-13+,22-19+,27-25-,30-28+,35-32+. The second-order valence-electron chi connectivity index (χ2n) is 18.1. The molecule has 3 atom stereocenters. The van der Waals surface area contributed by atoms with Crippen LogP contribution in [0.15, 0.2) is 72.9 Å². The Hall–Kier alpha value is -2.70. The summed E-state index contributed by atoms with van der Waals surface area (Å²) in [5.74, 6) is -0.520. The van der Waals surface area contributed by atoms with E-state index in [-0.39, 0.29) is 24.9 Å². The van der Waals surface area contributed by atoms with Gasteiger partial charge in [-0.2, -0.15) is 0 Å². The predicted octanol–water partition coefficient (Wildman–Crippen LogP) is 16.2. The van der Waals surface area contributed by atoms with Gasteiger partial charge in [0.2, 0.25) is 5.91 Å². The van der Waals surface area contributed by atoms with Gasteiger partial charge in [0.1, 0.15) is 6.10 Å². The van der Waals surface area contributed by atoms with Gasteiger partial charge in [0.25, 0.3) is 0 Å². The highest BCUT2D eigenvalue weighted by Crippen LogP contribution is 2.18. The molecule has 3 unspecified atom stereocenters. The van der Waals surface area contributed by atoms with Crippen LogP contribution in [0.2, 0.25) is 0 Å². The van der Waals surface area contributed by atoms with E-state index in [0.29, 0.717) is 19.3 Å². The smallest absolute Gasteiger partial charge is 0.306 e. The third kappa shape index (κ3) is 45.7. The first kappa shape index (κ1) is 60.3. The highest BCUT2D eigenvalue weighted by Gasteiger charge is 2.24. The predicted molar refractivity (Wildman–Crippen MR) is 273 cm³/mol. The second-order valence-corrected chi connectivity index (χ2v) is 18.1. The molecule has 0 spiro atoms. The Labute approximate surface area is 390 Å². The number of ether oxygens (including phenoxy) is 1. The van der Waals surface area contributed by atoms with Gasteiger partial charge in [-0.3, -0.25) is 9.59 Å². The third-order valence-corrected chi connectivity index (χ3v) is 12.0. The molecule has 0 aliphatic carbocycles. The summed E-state index contributed by atoms with van der Waals surface area (Å²) in [6, 6.07) is -0.712. The average molecular weight is 880 g/mol. The highest BCUT2D eigenvalue weighted by molar-refractivity contribution is 5.77. The molecule has 364 valence electrons. The van der Waals surface area contributed by atoms with E-state index in [2.05, 4.69) is 50.4 Å². The quantitative estimate of drug-likeness (QED) is 0.0321. The van der Waals surface area contributed by atoms with E-state index < -0.39 is 18.2 Å². The molecule has 0 aliphatic rings. The number of hydrogen-bond donors (Lipinski definition) is 3. The summed E-state index contributed by atoms with van der Waals surface area (Å²) in [5, 5.41) is 23.8. The number of esters is 1. The number of aliphatic hydroxyl groups is 2. The Morgan fingerprint density at radius 1 is 0.476 bits per heavy atom. The van der Waals surface area contributed by atoms with Crippen molar-refractivity contribution in [2.24, 2.45) is 0 Å². The number of rotatable bonds is 47. The van der Waals surface area contributed by atoms with Gasteiger partial charge >= 0.3 is 5.97 Å². The number of carbonyl (C=O) groups is 2. The first-order valence-corrected chi connectivity index (χ1v) is 26.7. The van der Waals surface area contributed by atoms with Gasteiger partial charge in [0.15, 0.2) is 0 Å². The van der Waals surface area contributed by atoms with Crippen LogP contribution in [-0.2, 0) is 14.3 Å². The van der Waals surface area contributed by atoms with Crippen molar-refractivity contribution in [3.05, 3.63) is 72.9 Å². The number of amides is 1. The van der Waals surface area contributed by atoms with Crippen molar-refractivity contribution in [3.63, 3.8) is 0 Å². The van der Waals surface area contributed by atoms with Crippen molar-refractivity contribution < 1.29 is 24.5 Å². The number of hydrogen-bond acceptors (Lipinski definition) is 5. The van der Waals surface area contributed by atoms with Crippen LogP contribution in [0.4, 0.5) is 0 Å². The van der Waals surface area contributed by atoms with Crippen LogP contribution in [0.1, 0.15) is 252 Å². The first-order valence-electron chi connectivity index (χ1n) is 26.7. The minimum absolute atomic E-state index is 0.0592. The molecule has 0 heterocycles. The van der Waals surface area contributed by atoms with Crippen LogP contribution in [0, 0.1) is 0 Å². The fraction of sp³-hybridized carbons (Fsp3) is 0.754. The molecule has 0 aromatic carbocycles. The molecular weight excluding hydrogens is 779 g/mol. The Morgan fingerprint density at radius 2 is 0.857 bits per heavy atom. The lowest BCUT2D eigenvalue weighted by Gasteiger charge is -2.24. The maximum absolute atomic E-state index is 13.2. The number of aliphatic hydroxyl groups excluding tert-OH is 2. The zero-order chi connectivity index (χ0) is 45.9. The fourth-order valence-electron chi connectivity index (χ4n) is 7.93. The molecule has 0 aromatic heterocycles. The maximum Gasteiger partial charge on any atom is 0.306 e. The maximum atomic E-state index is 13.2. The van der Waals surface area contributed by atoms with Crippen LogP contribution in [0.3, 0.4) is 0 Å². The van der Waals surface area contributed by atoms with Gasteiger partial charge in [-0.15, -0.1) is 0 Å². The number of unbranched alkanes of at least 4 members (excludes halogenated alkanes) is 28. The molecule has 6 heteroatoms. The summed E-state index contributed by atoms with van der Waals surface area (Å²) < 4.78 is 5.93. The van der Waals surface area contributed by atoms with E-state index in [1.165, 1.54) is 135 Å². The van der Waals surface area contributed by atoms with Gasteiger partial charge in [0, 0.05) is 6.42 Å². The number of allylic oxidation sites excluding steroid dienone is 12. The van der Waals surface area contributed by atoms with Crippen molar-refractivity contribution in [2.45, 2.75) is 270 Å². The van der Waals surface area contributed by atoms with E-state index in [1.54, 1.807) is 0 Å². The van der Waals surface area contributed by atoms with Crippen LogP contribution >= 0.6 is 0 Å². The monoisotopic (exact) mass is 880 g/mol. The molecule has 1 amide bonds. The Bertz CT molecular complexity index is 1170. The Kier molecular flexibility index (Phi) is 48.1. The third-order valence-electron chi connectivity index (χ3n) is 12.0. The molecule has 0 rings (SSSR count). The van der Waals surface area contributed by atoms with Gasteiger partial charge in [0.05, 0.1) is 25.2 Å².